The van der Waals surface area contributed by atoms with Crippen molar-refractivity contribution in [3.8, 4) is 11.5 Å². The molecular weight excluding hydrogens is 222 g/mol. The number of benzene rings is 1. The van der Waals surface area contributed by atoms with Crippen LogP contribution in [0.4, 0.5) is 0 Å². The van der Waals surface area contributed by atoms with Crippen LogP contribution in [0.15, 0.2) is 24.3 Å². The van der Waals surface area contributed by atoms with Gasteiger partial charge in [-0.05, 0) is 18.2 Å². The number of aromatic nitrogens is 1. The van der Waals surface area contributed by atoms with Crippen molar-refractivity contribution in [3.05, 3.63) is 30.0 Å². The highest BCUT2D eigenvalue weighted by Gasteiger charge is 2.16. The largest absolute Gasteiger partial charge is 0.507 e. The summed E-state index contributed by atoms with van der Waals surface area (Å²) >= 11 is 0. The lowest BCUT2D eigenvalue weighted by atomic mass is 10.1. The van der Waals surface area contributed by atoms with E-state index in [0.29, 0.717) is 10.9 Å². The molecule has 1 heterocycles. The van der Waals surface area contributed by atoms with Gasteiger partial charge in [0.25, 0.3) is 0 Å². The predicted molar refractivity (Wildman–Crippen MR) is 61.3 cm³/mol. The van der Waals surface area contributed by atoms with Crippen LogP contribution in [-0.2, 0) is 4.74 Å². The van der Waals surface area contributed by atoms with E-state index in [1.807, 2.05) is 0 Å². The Morgan fingerprint density at radius 3 is 2.76 bits per heavy atom. The van der Waals surface area contributed by atoms with Crippen molar-refractivity contribution in [1.29, 1.82) is 0 Å². The summed E-state index contributed by atoms with van der Waals surface area (Å²) < 4.78 is 9.67. The normalized spacial score (nSPS) is 10.2. The summed E-state index contributed by atoms with van der Waals surface area (Å²) in [4.78, 5) is 15.6. The second-order valence-corrected chi connectivity index (χ2v) is 3.37. The van der Waals surface area contributed by atoms with Crippen LogP contribution in [0.1, 0.15) is 10.5 Å². The van der Waals surface area contributed by atoms with Gasteiger partial charge in [-0.2, -0.15) is 0 Å². The topological polar surface area (TPSA) is 68.7 Å². The van der Waals surface area contributed by atoms with Gasteiger partial charge in [-0.15, -0.1) is 0 Å². The second-order valence-electron chi connectivity index (χ2n) is 3.37. The highest BCUT2D eigenvalue weighted by Crippen LogP contribution is 2.29. The van der Waals surface area contributed by atoms with Crippen LogP contribution >= 0.6 is 0 Å². The minimum atomic E-state index is -0.577. The molecule has 17 heavy (non-hydrogen) atoms. The first kappa shape index (κ1) is 11.2. The standard InChI is InChI=1S/C12H11NO4/c1-16-10-6-7-8(4-3-5-9(7)14)13-11(10)12(15)17-2/h3-6,14H,1-2H3. The maximum Gasteiger partial charge on any atom is 0.360 e. The molecule has 2 aromatic rings. The lowest BCUT2D eigenvalue weighted by Crippen LogP contribution is -2.07. The minimum Gasteiger partial charge on any atom is -0.507 e. The van der Waals surface area contributed by atoms with Gasteiger partial charge in [-0.25, -0.2) is 9.78 Å². The fourth-order valence-electron chi connectivity index (χ4n) is 1.56. The van der Waals surface area contributed by atoms with Gasteiger partial charge in [0.2, 0.25) is 0 Å². The first-order valence-corrected chi connectivity index (χ1v) is 4.92. The van der Waals surface area contributed by atoms with Gasteiger partial charge in [0.05, 0.1) is 19.7 Å². The van der Waals surface area contributed by atoms with E-state index in [9.17, 15) is 9.90 Å². The number of pyridine rings is 1. The molecule has 1 aromatic carbocycles. The monoisotopic (exact) mass is 233 g/mol. The molecule has 0 atom stereocenters. The van der Waals surface area contributed by atoms with Crippen LogP contribution < -0.4 is 4.74 Å². The number of fused-ring (bicyclic) bond motifs is 1. The van der Waals surface area contributed by atoms with Gasteiger partial charge in [-0.1, -0.05) is 6.07 Å². The van der Waals surface area contributed by atoms with Gasteiger partial charge in [0.1, 0.15) is 5.75 Å². The Hall–Kier alpha value is -2.30. The van der Waals surface area contributed by atoms with E-state index >= 15 is 0 Å². The molecule has 0 saturated carbocycles. The van der Waals surface area contributed by atoms with E-state index in [-0.39, 0.29) is 17.2 Å². The first-order valence-electron chi connectivity index (χ1n) is 4.92. The summed E-state index contributed by atoms with van der Waals surface area (Å²) in [6.45, 7) is 0. The van der Waals surface area contributed by atoms with E-state index in [1.54, 1.807) is 24.3 Å². The van der Waals surface area contributed by atoms with Gasteiger partial charge < -0.3 is 14.6 Å². The van der Waals surface area contributed by atoms with E-state index in [0.717, 1.165) is 0 Å². The third-order valence-electron chi connectivity index (χ3n) is 2.40. The van der Waals surface area contributed by atoms with Gasteiger partial charge in [0, 0.05) is 5.39 Å². The van der Waals surface area contributed by atoms with Crippen LogP contribution in [0.25, 0.3) is 10.9 Å². The summed E-state index contributed by atoms with van der Waals surface area (Å²) in [5, 5.41) is 10.2. The number of phenols is 1. The average Bonchev–Trinajstić information content (AvgIpc) is 2.37. The molecule has 0 bridgehead atoms. The van der Waals surface area contributed by atoms with Crippen molar-refractivity contribution in [1.82, 2.24) is 4.98 Å². The zero-order valence-electron chi connectivity index (χ0n) is 9.43. The molecule has 0 aliphatic heterocycles. The fraction of sp³-hybridized carbons (Fsp3) is 0.167. The second kappa shape index (κ2) is 4.29. The van der Waals surface area contributed by atoms with Crippen LogP contribution in [-0.4, -0.2) is 30.3 Å². The zero-order valence-corrected chi connectivity index (χ0v) is 9.43. The molecule has 0 aliphatic carbocycles. The Bertz CT molecular complexity index is 580. The molecule has 88 valence electrons. The number of nitrogens with zero attached hydrogens (tertiary/aromatic N) is 1. The lowest BCUT2D eigenvalue weighted by molar-refractivity contribution is 0.0590. The molecular formula is C12H11NO4. The molecule has 1 N–H and O–H groups in total. The summed E-state index contributed by atoms with van der Waals surface area (Å²) in [6, 6.07) is 6.45. The Balaban J connectivity index is 2.73. The Morgan fingerprint density at radius 1 is 1.35 bits per heavy atom. The number of aromatic hydroxyl groups is 1. The molecule has 0 fully saturated rings. The third-order valence-corrected chi connectivity index (χ3v) is 2.40. The predicted octanol–water partition coefficient (Wildman–Crippen LogP) is 1.74. The molecule has 5 heteroatoms. The van der Waals surface area contributed by atoms with E-state index in [2.05, 4.69) is 9.72 Å². The van der Waals surface area contributed by atoms with Crippen LogP contribution in [0.5, 0.6) is 11.5 Å². The number of rotatable bonds is 2. The van der Waals surface area contributed by atoms with Crippen molar-refractivity contribution < 1.29 is 19.4 Å². The number of phenolic OH excluding ortho intramolecular Hbond substituents is 1. The minimum absolute atomic E-state index is 0.0877. The Labute approximate surface area is 97.6 Å². The summed E-state index contributed by atoms with van der Waals surface area (Å²) in [7, 11) is 2.70. The van der Waals surface area contributed by atoms with Crippen molar-refractivity contribution in [2.45, 2.75) is 0 Å². The van der Waals surface area contributed by atoms with E-state index < -0.39 is 5.97 Å². The fourth-order valence-corrected chi connectivity index (χ4v) is 1.56. The van der Waals surface area contributed by atoms with E-state index in [1.165, 1.54) is 14.2 Å². The van der Waals surface area contributed by atoms with Gasteiger partial charge >= 0.3 is 5.97 Å². The molecule has 5 nitrogen and oxygen atoms in total. The maximum absolute atomic E-state index is 11.5. The Morgan fingerprint density at radius 2 is 2.12 bits per heavy atom. The number of hydrogen-bond donors (Lipinski definition) is 1. The quantitative estimate of drug-likeness (QED) is 0.800. The summed E-state index contributed by atoms with van der Waals surface area (Å²) in [6.07, 6.45) is 0. The average molecular weight is 233 g/mol. The molecule has 0 radical (unpaired) electrons. The molecule has 0 spiro atoms. The number of hydrogen-bond acceptors (Lipinski definition) is 5. The number of ether oxygens (including phenoxy) is 2. The molecule has 0 unspecified atom stereocenters. The molecule has 0 amide bonds. The molecule has 0 saturated heterocycles. The number of carbonyl (C=O) groups is 1. The van der Waals surface area contributed by atoms with Crippen LogP contribution in [0.2, 0.25) is 0 Å². The number of esters is 1. The van der Waals surface area contributed by atoms with Gasteiger partial charge in [-0.3, -0.25) is 0 Å². The van der Waals surface area contributed by atoms with E-state index in [4.69, 9.17) is 4.74 Å². The molecule has 0 aliphatic rings. The first-order chi connectivity index (χ1) is 8.17. The summed E-state index contributed by atoms with van der Waals surface area (Å²) in [5.74, 6) is -0.220. The SMILES string of the molecule is COC(=O)c1nc2cccc(O)c2cc1OC. The molecule has 2 rings (SSSR count). The van der Waals surface area contributed by atoms with Crippen LogP contribution in [0, 0.1) is 0 Å². The van der Waals surface area contributed by atoms with Crippen molar-refractivity contribution in [3.63, 3.8) is 0 Å². The highest BCUT2D eigenvalue weighted by atomic mass is 16.5. The van der Waals surface area contributed by atoms with Crippen molar-refractivity contribution in [2.75, 3.05) is 14.2 Å². The third kappa shape index (κ3) is 1.87. The number of methoxy groups -OCH3 is 2. The number of carbonyl (C=O) groups excluding carboxylic acids is 1. The zero-order chi connectivity index (χ0) is 12.4. The summed E-state index contributed by atoms with van der Waals surface area (Å²) in [5.41, 5.74) is 0.597. The van der Waals surface area contributed by atoms with Crippen molar-refractivity contribution >= 4 is 16.9 Å². The maximum atomic E-state index is 11.5. The highest BCUT2D eigenvalue weighted by molar-refractivity contribution is 5.95. The lowest BCUT2D eigenvalue weighted by Gasteiger charge is -2.08. The van der Waals surface area contributed by atoms with Gasteiger partial charge in [0.15, 0.2) is 11.4 Å². The molecule has 1 aromatic heterocycles. The smallest absolute Gasteiger partial charge is 0.360 e. The Kier molecular flexibility index (Phi) is 2.82. The van der Waals surface area contributed by atoms with Crippen LogP contribution in [0.3, 0.4) is 0 Å². The van der Waals surface area contributed by atoms with Crippen molar-refractivity contribution in [2.24, 2.45) is 0 Å².